The Morgan fingerprint density at radius 1 is 1.24 bits per heavy atom. The van der Waals surface area contributed by atoms with E-state index >= 15 is 0 Å². The van der Waals surface area contributed by atoms with E-state index in [1.165, 1.54) is 41.8 Å². The van der Waals surface area contributed by atoms with Crippen molar-refractivity contribution >= 4 is 17.0 Å². The number of hydrogen-bond donors (Lipinski definition) is 1. The van der Waals surface area contributed by atoms with Crippen LogP contribution in [0, 0.1) is 0 Å². The third kappa shape index (κ3) is 3.30. The van der Waals surface area contributed by atoms with Gasteiger partial charge >= 0.3 is 0 Å². The molecular formula is C18H23NOS. The Kier molecular flexibility index (Phi) is 4.61. The van der Waals surface area contributed by atoms with Crippen LogP contribution in [-0.4, -0.2) is 7.11 Å². The zero-order valence-corrected chi connectivity index (χ0v) is 13.6. The summed E-state index contributed by atoms with van der Waals surface area (Å²) in [6, 6.07) is 11.2. The number of aryl methyl sites for hydroxylation is 2. The van der Waals surface area contributed by atoms with E-state index in [1.54, 1.807) is 17.6 Å². The molecule has 0 amide bonds. The largest absolute Gasteiger partial charge is 0.380 e. The van der Waals surface area contributed by atoms with E-state index in [9.17, 15) is 0 Å². The summed E-state index contributed by atoms with van der Waals surface area (Å²) in [5.74, 6) is 0. The molecule has 0 bridgehead atoms. The first-order valence-electron chi connectivity index (χ1n) is 7.73. The number of hydrogen-bond acceptors (Lipinski definition) is 3. The first kappa shape index (κ1) is 14.6. The summed E-state index contributed by atoms with van der Waals surface area (Å²) in [5.41, 5.74) is 3.98. The van der Waals surface area contributed by atoms with Gasteiger partial charge in [0.1, 0.15) is 0 Å². The van der Waals surface area contributed by atoms with Crippen molar-refractivity contribution in [2.24, 2.45) is 0 Å². The molecule has 0 saturated carbocycles. The monoisotopic (exact) mass is 301 g/mol. The van der Waals surface area contributed by atoms with Crippen molar-refractivity contribution in [2.75, 3.05) is 12.4 Å². The molecule has 1 unspecified atom stereocenters. The molecule has 1 aromatic carbocycles. The highest BCUT2D eigenvalue weighted by Crippen LogP contribution is 2.34. The van der Waals surface area contributed by atoms with Crippen molar-refractivity contribution in [1.82, 2.24) is 0 Å². The number of anilines is 1. The number of fused-ring (bicyclic) bond motifs is 1. The van der Waals surface area contributed by atoms with E-state index in [0.29, 0.717) is 12.6 Å². The second-order valence-corrected chi connectivity index (χ2v) is 6.93. The summed E-state index contributed by atoms with van der Waals surface area (Å²) in [6.07, 6.45) is 5.24. The summed E-state index contributed by atoms with van der Waals surface area (Å²) in [5, 5.41) is 3.65. The van der Waals surface area contributed by atoms with Crippen molar-refractivity contribution in [1.29, 1.82) is 0 Å². The molecule has 0 spiro atoms. The fraction of sp³-hybridized carbons (Fsp3) is 0.444. The highest BCUT2D eigenvalue weighted by Gasteiger charge is 2.17. The average molecular weight is 301 g/mol. The molecule has 1 atom stereocenters. The Labute approximate surface area is 131 Å². The number of benzene rings is 1. The standard InChI is InChI=1S/C18H23NOS/c1-13(18-11-14-7-4-6-10-17(14)21-18)19-16-9-5-3-8-15(16)12-20-2/h3,5,8-9,11,13,19H,4,6-7,10,12H2,1-2H3. The lowest BCUT2D eigenvalue weighted by Crippen LogP contribution is -2.07. The summed E-state index contributed by atoms with van der Waals surface area (Å²) >= 11 is 1.99. The summed E-state index contributed by atoms with van der Waals surface area (Å²) in [6.45, 7) is 2.90. The lowest BCUT2D eigenvalue weighted by Gasteiger charge is -2.17. The lowest BCUT2D eigenvalue weighted by molar-refractivity contribution is 0.185. The lowest BCUT2D eigenvalue weighted by atomic mass is 9.99. The first-order chi connectivity index (χ1) is 10.3. The number of thiophene rings is 1. The van der Waals surface area contributed by atoms with Crippen LogP contribution in [0.25, 0.3) is 0 Å². The van der Waals surface area contributed by atoms with Gasteiger partial charge in [0.05, 0.1) is 12.6 Å². The predicted octanol–water partition coefficient (Wildman–Crippen LogP) is 4.95. The number of methoxy groups -OCH3 is 1. The predicted molar refractivity (Wildman–Crippen MR) is 90.2 cm³/mol. The molecule has 2 nitrogen and oxygen atoms in total. The third-order valence-corrected chi connectivity index (χ3v) is 5.55. The number of nitrogens with one attached hydrogen (secondary N) is 1. The van der Waals surface area contributed by atoms with Crippen LogP contribution in [0.1, 0.15) is 46.7 Å². The number of para-hydroxylation sites is 1. The van der Waals surface area contributed by atoms with Crippen LogP contribution < -0.4 is 5.32 Å². The topological polar surface area (TPSA) is 21.3 Å². The van der Waals surface area contributed by atoms with Gasteiger partial charge in [-0.05, 0) is 50.3 Å². The Morgan fingerprint density at radius 2 is 2.05 bits per heavy atom. The molecule has 2 aromatic rings. The number of ether oxygens (including phenoxy) is 1. The SMILES string of the molecule is COCc1ccccc1NC(C)c1cc2c(s1)CCCC2. The van der Waals surface area contributed by atoms with Gasteiger partial charge in [-0.1, -0.05) is 18.2 Å². The Balaban J connectivity index is 1.77. The molecule has 21 heavy (non-hydrogen) atoms. The Morgan fingerprint density at radius 3 is 2.86 bits per heavy atom. The van der Waals surface area contributed by atoms with Crippen molar-refractivity contribution < 1.29 is 4.74 Å². The second kappa shape index (κ2) is 6.63. The van der Waals surface area contributed by atoms with E-state index < -0.39 is 0 Å². The van der Waals surface area contributed by atoms with E-state index in [4.69, 9.17) is 4.74 Å². The van der Waals surface area contributed by atoms with Gasteiger partial charge in [0, 0.05) is 28.1 Å². The fourth-order valence-electron chi connectivity index (χ4n) is 2.97. The highest BCUT2D eigenvalue weighted by atomic mass is 32.1. The van der Waals surface area contributed by atoms with Crippen molar-refractivity contribution in [3.63, 3.8) is 0 Å². The maximum absolute atomic E-state index is 5.28. The van der Waals surface area contributed by atoms with E-state index in [2.05, 4.69) is 42.6 Å². The molecule has 1 heterocycles. The van der Waals surface area contributed by atoms with Gasteiger partial charge in [-0.3, -0.25) is 0 Å². The minimum Gasteiger partial charge on any atom is -0.380 e. The van der Waals surface area contributed by atoms with E-state index in [-0.39, 0.29) is 0 Å². The van der Waals surface area contributed by atoms with Crippen LogP contribution in [0.15, 0.2) is 30.3 Å². The minimum atomic E-state index is 0.346. The molecule has 0 radical (unpaired) electrons. The molecule has 3 heteroatoms. The van der Waals surface area contributed by atoms with Crippen molar-refractivity contribution in [2.45, 2.75) is 45.3 Å². The molecule has 1 aliphatic rings. The maximum atomic E-state index is 5.28. The van der Waals surface area contributed by atoms with Gasteiger partial charge in [-0.2, -0.15) is 0 Å². The van der Waals surface area contributed by atoms with Crippen LogP contribution in [-0.2, 0) is 24.2 Å². The summed E-state index contributed by atoms with van der Waals surface area (Å²) in [7, 11) is 1.74. The maximum Gasteiger partial charge on any atom is 0.0733 e. The molecule has 1 N–H and O–H groups in total. The van der Waals surface area contributed by atoms with Crippen LogP contribution in [0.5, 0.6) is 0 Å². The molecule has 1 aliphatic carbocycles. The van der Waals surface area contributed by atoms with Crippen LogP contribution >= 0.6 is 11.3 Å². The van der Waals surface area contributed by atoms with Crippen molar-refractivity contribution in [3.05, 3.63) is 51.2 Å². The highest BCUT2D eigenvalue weighted by molar-refractivity contribution is 7.12. The van der Waals surface area contributed by atoms with Crippen LogP contribution in [0.2, 0.25) is 0 Å². The number of rotatable bonds is 5. The van der Waals surface area contributed by atoms with Gasteiger partial charge in [-0.15, -0.1) is 11.3 Å². The molecular weight excluding hydrogens is 278 g/mol. The van der Waals surface area contributed by atoms with Crippen molar-refractivity contribution in [3.8, 4) is 0 Å². The van der Waals surface area contributed by atoms with E-state index in [0.717, 1.165) is 0 Å². The summed E-state index contributed by atoms with van der Waals surface area (Å²) in [4.78, 5) is 3.06. The Bertz CT molecular complexity index is 582. The Hall–Kier alpha value is -1.32. The summed E-state index contributed by atoms with van der Waals surface area (Å²) < 4.78 is 5.28. The molecule has 3 rings (SSSR count). The van der Waals surface area contributed by atoms with Gasteiger partial charge in [0.2, 0.25) is 0 Å². The smallest absolute Gasteiger partial charge is 0.0733 e. The quantitative estimate of drug-likeness (QED) is 0.844. The molecule has 0 aliphatic heterocycles. The van der Waals surface area contributed by atoms with Gasteiger partial charge < -0.3 is 10.1 Å². The van der Waals surface area contributed by atoms with Gasteiger partial charge in [0.15, 0.2) is 0 Å². The average Bonchev–Trinajstić information content (AvgIpc) is 2.93. The molecule has 1 aromatic heterocycles. The molecule has 0 saturated heterocycles. The second-order valence-electron chi connectivity index (χ2n) is 5.76. The van der Waals surface area contributed by atoms with Gasteiger partial charge in [-0.25, -0.2) is 0 Å². The molecule has 112 valence electrons. The van der Waals surface area contributed by atoms with Crippen LogP contribution in [0.3, 0.4) is 0 Å². The van der Waals surface area contributed by atoms with Gasteiger partial charge in [0.25, 0.3) is 0 Å². The third-order valence-electron chi connectivity index (χ3n) is 4.13. The first-order valence-corrected chi connectivity index (χ1v) is 8.54. The normalized spacial score (nSPS) is 15.5. The molecule has 0 fully saturated rings. The van der Waals surface area contributed by atoms with E-state index in [1.807, 2.05) is 11.3 Å². The zero-order valence-electron chi connectivity index (χ0n) is 12.8. The fourth-order valence-corrected chi connectivity index (χ4v) is 4.23. The van der Waals surface area contributed by atoms with Crippen LogP contribution in [0.4, 0.5) is 5.69 Å². The minimum absolute atomic E-state index is 0.346. The zero-order chi connectivity index (χ0) is 14.7.